The van der Waals surface area contributed by atoms with Gasteiger partial charge >= 0.3 is 0 Å². The van der Waals surface area contributed by atoms with E-state index in [1.807, 2.05) is 12.1 Å². The minimum absolute atomic E-state index is 0.237. The van der Waals surface area contributed by atoms with Crippen molar-refractivity contribution >= 4 is 11.8 Å². The lowest BCUT2D eigenvalue weighted by atomic mass is 10.0. The number of unbranched alkanes of at least 4 members (excludes halogenated alkanes) is 5. The number of rotatable bonds is 47. The van der Waals surface area contributed by atoms with Gasteiger partial charge < -0.3 is 61.6 Å². The van der Waals surface area contributed by atoms with Crippen LogP contribution >= 0.6 is 0 Å². The lowest BCUT2D eigenvalue weighted by molar-refractivity contribution is -0.137. The molecule has 0 atom stereocenters. The quantitative estimate of drug-likeness (QED) is 0.0682. The number of aryl methyl sites for hydroxylation is 1. The van der Waals surface area contributed by atoms with Crippen LogP contribution in [0.25, 0.3) is 0 Å². The number of hydrogen-bond donors (Lipinski definition) is 0. The summed E-state index contributed by atoms with van der Waals surface area (Å²) in [5.74, 6) is 0.264. The van der Waals surface area contributed by atoms with Crippen molar-refractivity contribution in [3.8, 4) is 5.75 Å². The van der Waals surface area contributed by atoms with E-state index in [1.54, 1.807) is 0 Å². The Kier molecular flexibility index (Phi) is 37.3. The van der Waals surface area contributed by atoms with E-state index in [-0.39, 0.29) is 25.0 Å². The highest BCUT2D eigenvalue weighted by atomic mass is 16.6. The second kappa shape index (κ2) is 41.8. The van der Waals surface area contributed by atoms with E-state index < -0.39 is 0 Å². The highest BCUT2D eigenvalue weighted by Crippen LogP contribution is 2.15. The minimum Gasteiger partial charge on any atom is -0.491 e. The maximum absolute atomic E-state index is 11.4. The van der Waals surface area contributed by atoms with Gasteiger partial charge in [-0.1, -0.05) is 51.2 Å². The Labute approximate surface area is 358 Å². The fourth-order valence-corrected chi connectivity index (χ4v) is 5.41. The zero-order valence-corrected chi connectivity index (χ0v) is 36.4. The zero-order chi connectivity index (χ0) is 42.7. The highest BCUT2D eigenvalue weighted by molar-refractivity contribution is 6.12. The van der Waals surface area contributed by atoms with Gasteiger partial charge in [-0.15, -0.1) is 0 Å². The fraction of sp³-hybridized carbons (Fsp3) is 0.773. The molecule has 0 N–H and O–H groups in total. The second-order valence-corrected chi connectivity index (χ2v) is 13.5. The Hall–Kier alpha value is -2.58. The minimum atomic E-state index is -0.307. The Morgan fingerprint density at radius 3 is 1.02 bits per heavy atom. The van der Waals surface area contributed by atoms with Gasteiger partial charge in [-0.25, -0.2) is 0 Å². The molecule has 2 rings (SSSR count). The molecule has 346 valence electrons. The summed E-state index contributed by atoms with van der Waals surface area (Å²) in [6.07, 6.45) is 11.6. The van der Waals surface area contributed by atoms with Crippen LogP contribution in [-0.4, -0.2) is 188 Å². The molecule has 1 aliphatic heterocycles. The van der Waals surface area contributed by atoms with Gasteiger partial charge in [0.05, 0.1) is 165 Å². The van der Waals surface area contributed by atoms with Crippen molar-refractivity contribution in [1.29, 1.82) is 0 Å². The summed E-state index contributed by atoms with van der Waals surface area (Å²) < 4.78 is 71.7. The standard InChI is InChI=1S/C44H75NO15/c1-2-3-4-5-6-7-8-41-9-11-42(12-10-41)60-40-39-59-38-37-58-36-35-57-34-33-56-32-31-55-30-29-54-28-27-53-26-25-52-24-23-51-22-21-50-20-19-49-18-17-48-16-15-45-43(46)13-14-44(45)47/h9-14H,2-8,15-40H2,1H3. The largest absolute Gasteiger partial charge is 0.491 e. The molecule has 0 saturated heterocycles. The van der Waals surface area contributed by atoms with Crippen LogP contribution in [0, 0.1) is 0 Å². The molecule has 16 heteroatoms. The predicted molar refractivity (Wildman–Crippen MR) is 225 cm³/mol. The number of hydrogen-bond acceptors (Lipinski definition) is 15. The maximum atomic E-state index is 11.4. The summed E-state index contributed by atoms with van der Waals surface area (Å²) in [6, 6.07) is 8.42. The van der Waals surface area contributed by atoms with E-state index in [2.05, 4.69) is 19.1 Å². The van der Waals surface area contributed by atoms with Gasteiger partial charge in [0, 0.05) is 12.2 Å². The first-order chi connectivity index (χ1) is 29.7. The number of ether oxygens (including phenoxy) is 13. The Morgan fingerprint density at radius 1 is 0.367 bits per heavy atom. The number of amides is 2. The van der Waals surface area contributed by atoms with Crippen molar-refractivity contribution in [2.45, 2.75) is 51.9 Å². The van der Waals surface area contributed by atoms with Crippen LogP contribution in [0.15, 0.2) is 36.4 Å². The molecule has 1 aromatic rings. The van der Waals surface area contributed by atoms with Crippen LogP contribution in [-0.2, 0) is 72.9 Å². The van der Waals surface area contributed by atoms with Crippen molar-refractivity contribution in [2.24, 2.45) is 0 Å². The second-order valence-electron chi connectivity index (χ2n) is 13.5. The molecule has 1 heterocycles. The molecule has 1 aliphatic rings. The molecule has 1 aromatic carbocycles. The average Bonchev–Trinajstić information content (AvgIpc) is 3.58. The first-order valence-corrected chi connectivity index (χ1v) is 21.9. The third-order valence-corrected chi connectivity index (χ3v) is 8.69. The van der Waals surface area contributed by atoms with Crippen LogP contribution in [0.5, 0.6) is 5.75 Å². The number of nitrogens with zero attached hydrogens (tertiary/aromatic N) is 1. The number of imide groups is 1. The zero-order valence-electron chi connectivity index (χ0n) is 36.4. The molecule has 2 amide bonds. The van der Waals surface area contributed by atoms with E-state index in [0.717, 1.165) is 17.1 Å². The lowest BCUT2D eigenvalue weighted by Crippen LogP contribution is -2.33. The Morgan fingerprint density at radius 2 is 0.667 bits per heavy atom. The SMILES string of the molecule is CCCCCCCCc1ccc(OCCOCCOCCOCCOCCOCCOCCOCCOCCOCCOCCOCCOCCN2C(=O)C=CC2=O)cc1. The topological polar surface area (TPSA) is 157 Å². The molecule has 0 bridgehead atoms. The molecule has 0 aromatic heterocycles. The third kappa shape index (κ3) is 33.1. The van der Waals surface area contributed by atoms with Gasteiger partial charge in [0.2, 0.25) is 0 Å². The molecular weight excluding hydrogens is 782 g/mol. The van der Waals surface area contributed by atoms with Gasteiger partial charge in [0.1, 0.15) is 12.4 Å². The van der Waals surface area contributed by atoms with Crippen LogP contribution in [0.4, 0.5) is 0 Å². The molecular formula is C44H75NO15. The summed E-state index contributed by atoms with van der Waals surface area (Å²) in [7, 11) is 0. The molecule has 0 unspecified atom stereocenters. The fourth-order valence-electron chi connectivity index (χ4n) is 5.41. The summed E-state index contributed by atoms with van der Waals surface area (Å²) in [5.41, 5.74) is 1.37. The molecule has 0 fully saturated rings. The van der Waals surface area contributed by atoms with Crippen LogP contribution in [0.1, 0.15) is 51.0 Å². The molecule has 16 nitrogen and oxygen atoms in total. The number of carbonyl (C=O) groups is 2. The monoisotopic (exact) mass is 858 g/mol. The third-order valence-electron chi connectivity index (χ3n) is 8.69. The summed E-state index contributed by atoms with van der Waals surface area (Å²) in [6.45, 7) is 14.4. The van der Waals surface area contributed by atoms with Gasteiger partial charge in [-0.3, -0.25) is 14.5 Å². The van der Waals surface area contributed by atoms with Crippen LogP contribution < -0.4 is 4.74 Å². The number of carbonyl (C=O) groups excluding carboxylic acids is 2. The van der Waals surface area contributed by atoms with Crippen LogP contribution in [0.2, 0.25) is 0 Å². The highest BCUT2D eigenvalue weighted by Gasteiger charge is 2.22. The van der Waals surface area contributed by atoms with E-state index in [0.29, 0.717) is 159 Å². The molecule has 0 radical (unpaired) electrons. The van der Waals surface area contributed by atoms with Crippen molar-refractivity contribution in [3.05, 3.63) is 42.0 Å². The molecule has 0 saturated carbocycles. The van der Waals surface area contributed by atoms with Gasteiger partial charge in [-0.2, -0.15) is 0 Å². The predicted octanol–water partition coefficient (Wildman–Crippen LogP) is 4.09. The number of benzene rings is 1. The Bertz CT molecular complexity index is 1130. The van der Waals surface area contributed by atoms with Gasteiger partial charge in [0.25, 0.3) is 11.8 Å². The van der Waals surface area contributed by atoms with E-state index in [1.165, 1.54) is 56.2 Å². The molecule has 0 spiro atoms. The van der Waals surface area contributed by atoms with Crippen molar-refractivity contribution in [1.82, 2.24) is 4.90 Å². The van der Waals surface area contributed by atoms with Gasteiger partial charge in [0.15, 0.2) is 0 Å². The first-order valence-electron chi connectivity index (χ1n) is 21.9. The first kappa shape index (κ1) is 53.6. The van der Waals surface area contributed by atoms with Gasteiger partial charge in [-0.05, 0) is 30.5 Å². The summed E-state index contributed by atoms with van der Waals surface area (Å²) >= 11 is 0. The Balaban J connectivity index is 1.15. The van der Waals surface area contributed by atoms with E-state index in [4.69, 9.17) is 61.6 Å². The maximum Gasteiger partial charge on any atom is 0.253 e. The van der Waals surface area contributed by atoms with Crippen molar-refractivity contribution < 1.29 is 71.2 Å². The smallest absolute Gasteiger partial charge is 0.253 e. The summed E-state index contributed by atoms with van der Waals surface area (Å²) in [4.78, 5) is 24.0. The average molecular weight is 858 g/mol. The van der Waals surface area contributed by atoms with Crippen molar-refractivity contribution in [2.75, 3.05) is 172 Å². The lowest BCUT2D eigenvalue weighted by Gasteiger charge is -2.13. The van der Waals surface area contributed by atoms with Crippen LogP contribution in [0.3, 0.4) is 0 Å². The summed E-state index contributed by atoms with van der Waals surface area (Å²) in [5, 5.41) is 0. The molecule has 60 heavy (non-hydrogen) atoms. The normalized spacial score (nSPS) is 12.7. The van der Waals surface area contributed by atoms with E-state index in [9.17, 15) is 9.59 Å². The molecule has 0 aliphatic carbocycles. The van der Waals surface area contributed by atoms with E-state index >= 15 is 0 Å². The van der Waals surface area contributed by atoms with Crippen molar-refractivity contribution in [3.63, 3.8) is 0 Å².